The van der Waals surface area contributed by atoms with Crippen molar-refractivity contribution in [3.8, 4) is 5.75 Å². The van der Waals surface area contributed by atoms with Crippen molar-refractivity contribution in [2.24, 2.45) is 0 Å². The van der Waals surface area contributed by atoms with Gasteiger partial charge in [0.15, 0.2) is 0 Å². The molecule has 2 heterocycles. The molecule has 3 aromatic rings. The van der Waals surface area contributed by atoms with E-state index in [-0.39, 0.29) is 5.56 Å². The lowest BCUT2D eigenvalue weighted by Crippen LogP contribution is -2.21. The Bertz CT molecular complexity index is 926. The van der Waals surface area contributed by atoms with Crippen molar-refractivity contribution in [2.75, 3.05) is 7.11 Å². The molecule has 21 heavy (non-hydrogen) atoms. The third-order valence-corrected chi connectivity index (χ3v) is 4.42. The number of ether oxygens (including phenoxy) is 1. The molecule has 1 aromatic carbocycles. The zero-order valence-electron chi connectivity index (χ0n) is 11.4. The molecule has 0 saturated carbocycles. The minimum atomic E-state index is -1.07. The Balaban J connectivity index is 2.52. The van der Waals surface area contributed by atoms with Crippen LogP contribution in [0, 0.1) is 0 Å². The number of aromatic nitrogens is 2. The number of thiazole rings is 1. The predicted octanol–water partition coefficient (Wildman–Crippen LogP) is 2.18. The molecular weight excluding hydrogens is 292 g/mol. The second-order valence-corrected chi connectivity index (χ2v) is 5.48. The molecule has 0 aliphatic heterocycles. The van der Waals surface area contributed by atoms with E-state index in [0.29, 0.717) is 28.2 Å². The van der Waals surface area contributed by atoms with Crippen LogP contribution in [0.2, 0.25) is 0 Å². The van der Waals surface area contributed by atoms with E-state index < -0.39 is 11.7 Å². The van der Waals surface area contributed by atoms with Crippen molar-refractivity contribution in [3.63, 3.8) is 0 Å². The maximum Gasteiger partial charge on any atom is 0.353 e. The summed E-state index contributed by atoms with van der Waals surface area (Å²) in [4.78, 5) is 28.0. The van der Waals surface area contributed by atoms with Crippen molar-refractivity contribution < 1.29 is 14.6 Å². The number of rotatable bonds is 3. The Morgan fingerprint density at radius 1 is 1.48 bits per heavy atom. The Morgan fingerprint density at radius 2 is 2.24 bits per heavy atom. The molecular formula is C14H12N2O4S. The number of nitrogens with zero attached hydrogens (tertiary/aromatic N) is 2. The number of carboxylic acids is 1. The molecule has 0 bridgehead atoms. The lowest BCUT2D eigenvalue weighted by molar-refractivity contribution is 0.0697. The first-order valence-electron chi connectivity index (χ1n) is 6.32. The zero-order chi connectivity index (χ0) is 15.1. The average molecular weight is 304 g/mol. The van der Waals surface area contributed by atoms with Crippen molar-refractivity contribution in [3.05, 3.63) is 39.9 Å². The molecule has 0 radical (unpaired) electrons. The van der Waals surface area contributed by atoms with Crippen LogP contribution in [-0.4, -0.2) is 27.6 Å². The van der Waals surface area contributed by atoms with Crippen LogP contribution in [-0.2, 0) is 6.42 Å². The van der Waals surface area contributed by atoms with Crippen LogP contribution in [0.1, 0.15) is 23.0 Å². The molecule has 7 heteroatoms. The first-order chi connectivity index (χ1) is 10.1. The fourth-order valence-electron chi connectivity index (χ4n) is 2.32. The highest BCUT2D eigenvalue weighted by atomic mass is 32.1. The molecule has 2 aromatic heterocycles. The number of hydrogen-bond acceptors (Lipinski definition) is 5. The summed E-state index contributed by atoms with van der Waals surface area (Å²) in [5, 5.41) is 9.44. The van der Waals surface area contributed by atoms with Gasteiger partial charge in [0.2, 0.25) is 0 Å². The van der Waals surface area contributed by atoms with Crippen molar-refractivity contribution in [2.45, 2.75) is 13.3 Å². The number of methoxy groups -OCH3 is 1. The molecule has 0 unspecified atom stereocenters. The number of aryl methyl sites for hydroxylation is 1. The standard InChI is InChI=1S/C14H12N2O4S/c1-3-8-11(13(17)18)12-16(14(19)15-8)9-5-4-7(20-2)6-10(9)21-12/h4-6H,3H2,1-2H3,(H,17,18). The minimum absolute atomic E-state index is 0.0947. The van der Waals surface area contributed by atoms with E-state index in [0.717, 1.165) is 4.70 Å². The second kappa shape index (κ2) is 4.85. The molecule has 0 atom stereocenters. The largest absolute Gasteiger partial charge is 0.497 e. The average Bonchev–Trinajstić information content (AvgIpc) is 2.84. The summed E-state index contributed by atoms with van der Waals surface area (Å²) < 4.78 is 7.29. The topological polar surface area (TPSA) is 80.9 Å². The first kappa shape index (κ1) is 13.6. The van der Waals surface area contributed by atoms with E-state index in [2.05, 4.69) is 4.98 Å². The predicted molar refractivity (Wildman–Crippen MR) is 79.7 cm³/mol. The Kier molecular flexibility index (Phi) is 3.13. The third kappa shape index (κ3) is 1.97. The quantitative estimate of drug-likeness (QED) is 0.802. The maximum absolute atomic E-state index is 12.2. The summed E-state index contributed by atoms with van der Waals surface area (Å²) in [6.07, 6.45) is 0.394. The highest BCUT2D eigenvalue weighted by molar-refractivity contribution is 7.24. The number of aromatic carboxylic acids is 1. The fraction of sp³-hybridized carbons (Fsp3) is 0.214. The van der Waals surface area contributed by atoms with Gasteiger partial charge in [-0.25, -0.2) is 14.0 Å². The number of fused-ring (bicyclic) bond motifs is 3. The summed E-state index contributed by atoms with van der Waals surface area (Å²) >= 11 is 1.25. The summed E-state index contributed by atoms with van der Waals surface area (Å²) in [7, 11) is 1.56. The lowest BCUT2D eigenvalue weighted by atomic mass is 10.2. The Labute approximate surface area is 123 Å². The minimum Gasteiger partial charge on any atom is -0.497 e. The molecule has 108 valence electrons. The number of carbonyl (C=O) groups is 1. The highest BCUT2D eigenvalue weighted by Gasteiger charge is 2.20. The summed E-state index contributed by atoms with van der Waals surface area (Å²) in [6, 6.07) is 5.25. The molecule has 0 aliphatic carbocycles. The van der Waals surface area contributed by atoms with Crippen LogP contribution >= 0.6 is 11.3 Å². The first-order valence-corrected chi connectivity index (χ1v) is 7.14. The second-order valence-electron chi connectivity index (χ2n) is 4.45. The normalized spacial score (nSPS) is 11.1. The van der Waals surface area contributed by atoms with Gasteiger partial charge in [0.05, 0.1) is 23.0 Å². The van der Waals surface area contributed by atoms with Gasteiger partial charge in [-0.15, -0.1) is 11.3 Å². The number of benzene rings is 1. The fourth-order valence-corrected chi connectivity index (χ4v) is 3.54. The molecule has 6 nitrogen and oxygen atoms in total. The number of carboxylic acid groups (broad SMARTS) is 1. The zero-order valence-corrected chi connectivity index (χ0v) is 12.2. The van der Waals surface area contributed by atoms with Gasteiger partial charge in [0.1, 0.15) is 16.1 Å². The van der Waals surface area contributed by atoms with Crippen molar-refractivity contribution >= 4 is 32.4 Å². The van der Waals surface area contributed by atoms with Crippen molar-refractivity contribution in [1.82, 2.24) is 9.38 Å². The van der Waals surface area contributed by atoms with Crippen LogP contribution in [0.3, 0.4) is 0 Å². The van der Waals surface area contributed by atoms with Crippen LogP contribution in [0.15, 0.2) is 23.0 Å². The molecule has 3 rings (SSSR count). The van der Waals surface area contributed by atoms with Gasteiger partial charge in [0.25, 0.3) is 0 Å². The van der Waals surface area contributed by atoms with Crippen LogP contribution in [0.25, 0.3) is 15.0 Å². The van der Waals surface area contributed by atoms with Crippen LogP contribution in [0.4, 0.5) is 0 Å². The summed E-state index contributed by atoms with van der Waals surface area (Å²) in [6.45, 7) is 1.78. The highest BCUT2D eigenvalue weighted by Crippen LogP contribution is 2.31. The Morgan fingerprint density at radius 3 is 2.86 bits per heavy atom. The Hall–Kier alpha value is -2.41. The summed E-state index contributed by atoms with van der Waals surface area (Å²) in [5.74, 6) is -0.418. The van der Waals surface area contributed by atoms with Crippen LogP contribution in [0.5, 0.6) is 5.75 Å². The van der Waals surface area contributed by atoms with Crippen molar-refractivity contribution in [1.29, 1.82) is 0 Å². The van der Waals surface area contributed by atoms with E-state index in [9.17, 15) is 14.7 Å². The van der Waals surface area contributed by atoms with E-state index >= 15 is 0 Å². The van der Waals surface area contributed by atoms with Gasteiger partial charge >= 0.3 is 11.7 Å². The molecule has 0 aliphatic rings. The molecule has 0 spiro atoms. The summed E-state index contributed by atoms with van der Waals surface area (Å²) in [5.41, 5.74) is 0.588. The smallest absolute Gasteiger partial charge is 0.353 e. The maximum atomic E-state index is 12.2. The lowest BCUT2D eigenvalue weighted by Gasteiger charge is -2.04. The SMILES string of the molecule is CCc1nc(=O)n2c(sc3cc(OC)ccc32)c1C(=O)O. The van der Waals surface area contributed by atoms with E-state index in [1.165, 1.54) is 15.7 Å². The van der Waals surface area contributed by atoms with Crippen LogP contribution < -0.4 is 10.4 Å². The molecule has 1 N–H and O–H groups in total. The molecule has 0 fully saturated rings. The monoisotopic (exact) mass is 304 g/mol. The van der Waals surface area contributed by atoms with Gasteiger partial charge in [-0.3, -0.25) is 0 Å². The van der Waals surface area contributed by atoms with Gasteiger partial charge in [-0.05, 0) is 24.6 Å². The van der Waals surface area contributed by atoms with Gasteiger partial charge < -0.3 is 9.84 Å². The number of hydrogen-bond donors (Lipinski definition) is 1. The third-order valence-electron chi connectivity index (χ3n) is 3.29. The van der Waals surface area contributed by atoms with Gasteiger partial charge in [0, 0.05) is 0 Å². The van der Waals surface area contributed by atoms with E-state index in [4.69, 9.17) is 4.74 Å². The van der Waals surface area contributed by atoms with Gasteiger partial charge in [-0.1, -0.05) is 6.92 Å². The molecule has 0 amide bonds. The van der Waals surface area contributed by atoms with Gasteiger partial charge in [-0.2, -0.15) is 4.98 Å². The van der Waals surface area contributed by atoms with E-state index in [1.807, 2.05) is 0 Å². The molecule has 0 saturated heterocycles. The van der Waals surface area contributed by atoms with E-state index in [1.54, 1.807) is 32.2 Å².